The number of ether oxygens (including phenoxy) is 1. The minimum Gasteiger partial charge on any atom is -0.368 e. The van der Waals surface area contributed by atoms with Gasteiger partial charge in [-0.05, 0) is 49.9 Å². The van der Waals surface area contributed by atoms with Crippen molar-refractivity contribution in [2.24, 2.45) is 17.8 Å². The van der Waals surface area contributed by atoms with Crippen LogP contribution in [0.25, 0.3) is 0 Å². The average molecular weight is 295 g/mol. The van der Waals surface area contributed by atoms with E-state index in [0.717, 1.165) is 44.2 Å². The van der Waals surface area contributed by atoms with Crippen molar-refractivity contribution in [1.82, 2.24) is 4.90 Å². The summed E-state index contributed by atoms with van der Waals surface area (Å²) in [6.07, 6.45) is 8.82. The van der Waals surface area contributed by atoms with E-state index in [0.29, 0.717) is 18.6 Å². The van der Waals surface area contributed by atoms with Crippen molar-refractivity contribution in [2.45, 2.75) is 71.8 Å². The molecule has 0 unspecified atom stereocenters. The molecule has 0 aromatic rings. The van der Waals surface area contributed by atoms with Crippen LogP contribution in [0.5, 0.6) is 0 Å². The fraction of sp³-hybridized carbons (Fsp3) is 0.944. The first-order valence-electron chi connectivity index (χ1n) is 8.97. The van der Waals surface area contributed by atoms with Crippen LogP contribution in [0.2, 0.25) is 0 Å². The lowest BCUT2D eigenvalue weighted by atomic mass is 9.88. The summed E-state index contributed by atoms with van der Waals surface area (Å²) in [5.74, 6) is 2.33. The molecule has 0 bridgehead atoms. The monoisotopic (exact) mass is 295 g/mol. The third-order valence-corrected chi connectivity index (χ3v) is 5.52. The van der Waals surface area contributed by atoms with Crippen LogP contribution in [-0.4, -0.2) is 36.6 Å². The third-order valence-electron chi connectivity index (χ3n) is 5.52. The molecule has 3 nitrogen and oxygen atoms in total. The van der Waals surface area contributed by atoms with Crippen LogP contribution in [0.3, 0.4) is 0 Å². The van der Waals surface area contributed by atoms with E-state index in [1.54, 1.807) is 0 Å². The van der Waals surface area contributed by atoms with E-state index in [9.17, 15) is 4.79 Å². The van der Waals surface area contributed by atoms with Crippen molar-refractivity contribution in [3.05, 3.63) is 0 Å². The zero-order valence-electron chi connectivity index (χ0n) is 14.1. The van der Waals surface area contributed by atoms with Crippen LogP contribution in [-0.2, 0) is 9.53 Å². The molecule has 0 aromatic carbocycles. The number of hydrogen-bond acceptors (Lipinski definition) is 2. The zero-order chi connectivity index (χ0) is 15.2. The zero-order valence-corrected chi connectivity index (χ0v) is 14.1. The number of carbonyl (C=O) groups is 1. The summed E-state index contributed by atoms with van der Waals surface area (Å²) >= 11 is 0. The summed E-state index contributed by atoms with van der Waals surface area (Å²) in [6.45, 7) is 9.00. The van der Waals surface area contributed by atoms with Crippen molar-refractivity contribution in [2.75, 3.05) is 19.7 Å². The number of hydrogen-bond donors (Lipinski definition) is 0. The number of nitrogens with zero attached hydrogens (tertiary/aromatic N) is 1. The van der Waals surface area contributed by atoms with Crippen LogP contribution in [0, 0.1) is 17.8 Å². The minimum absolute atomic E-state index is 0.206. The van der Waals surface area contributed by atoms with Crippen molar-refractivity contribution >= 4 is 5.91 Å². The molecule has 3 heteroatoms. The Balaban J connectivity index is 1.75. The first-order valence-corrected chi connectivity index (χ1v) is 8.97. The Labute approximate surface area is 130 Å². The van der Waals surface area contributed by atoms with E-state index in [4.69, 9.17) is 4.74 Å². The predicted octanol–water partition coefficient (Wildman–Crippen LogP) is 3.87. The fourth-order valence-electron chi connectivity index (χ4n) is 3.84. The summed E-state index contributed by atoms with van der Waals surface area (Å²) < 4.78 is 5.93. The molecule has 1 heterocycles. The highest BCUT2D eigenvalue weighted by atomic mass is 16.5. The maximum absolute atomic E-state index is 12.4. The molecule has 1 saturated heterocycles. The van der Waals surface area contributed by atoms with Gasteiger partial charge in [0.15, 0.2) is 0 Å². The molecule has 0 radical (unpaired) electrons. The van der Waals surface area contributed by atoms with Crippen LogP contribution >= 0.6 is 0 Å². The van der Waals surface area contributed by atoms with Gasteiger partial charge >= 0.3 is 0 Å². The molecule has 2 rings (SSSR count). The summed E-state index contributed by atoms with van der Waals surface area (Å²) in [5, 5.41) is 0. The van der Waals surface area contributed by atoms with Crippen molar-refractivity contribution < 1.29 is 9.53 Å². The Bertz CT molecular complexity index is 329. The minimum atomic E-state index is 0.206. The summed E-state index contributed by atoms with van der Waals surface area (Å²) in [5.41, 5.74) is 0. The highest BCUT2D eigenvalue weighted by Gasteiger charge is 2.25. The number of likely N-dealkylation sites (tertiary alicyclic amines) is 1. The van der Waals surface area contributed by atoms with Gasteiger partial charge in [-0.15, -0.1) is 0 Å². The number of carbonyl (C=O) groups excluding carboxylic acids is 1. The molecule has 0 N–H and O–H groups in total. The van der Waals surface area contributed by atoms with Gasteiger partial charge in [-0.1, -0.05) is 33.6 Å². The third kappa shape index (κ3) is 4.98. The van der Waals surface area contributed by atoms with Crippen LogP contribution in [0.15, 0.2) is 0 Å². The van der Waals surface area contributed by atoms with E-state index in [-0.39, 0.29) is 5.91 Å². The summed E-state index contributed by atoms with van der Waals surface area (Å²) in [6, 6.07) is 0. The molecular formula is C18H33NO2. The van der Waals surface area contributed by atoms with Gasteiger partial charge in [-0.25, -0.2) is 0 Å². The van der Waals surface area contributed by atoms with Gasteiger partial charge in [0.05, 0.1) is 6.10 Å². The summed E-state index contributed by atoms with van der Waals surface area (Å²) in [4.78, 5) is 14.4. The van der Waals surface area contributed by atoms with Crippen LogP contribution < -0.4 is 0 Å². The van der Waals surface area contributed by atoms with Gasteiger partial charge < -0.3 is 9.64 Å². The van der Waals surface area contributed by atoms with E-state index in [1.807, 2.05) is 4.90 Å². The number of rotatable bonds is 4. The Hall–Kier alpha value is -0.570. The SMILES string of the molecule is CC(C)[C@@H]1CCCN(C(=O)CO[C@H]2CCCC[C@@H]2C)CC1. The topological polar surface area (TPSA) is 29.5 Å². The molecule has 3 atom stereocenters. The normalized spacial score (nSPS) is 31.2. The maximum Gasteiger partial charge on any atom is 0.248 e. The largest absolute Gasteiger partial charge is 0.368 e. The molecule has 2 aliphatic rings. The quantitative estimate of drug-likeness (QED) is 0.788. The second-order valence-electron chi connectivity index (χ2n) is 7.43. The van der Waals surface area contributed by atoms with E-state index < -0.39 is 0 Å². The van der Waals surface area contributed by atoms with Crippen molar-refractivity contribution in [1.29, 1.82) is 0 Å². The Morgan fingerprint density at radius 3 is 2.57 bits per heavy atom. The molecule has 0 aromatic heterocycles. The van der Waals surface area contributed by atoms with Gasteiger partial charge in [-0.2, -0.15) is 0 Å². The Kier molecular flexibility index (Phi) is 6.53. The molecular weight excluding hydrogens is 262 g/mol. The lowest BCUT2D eigenvalue weighted by molar-refractivity contribution is -0.140. The summed E-state index contributed by atoms with van der Waals surface area (Å²) in [7, 11) is 0. The Morgan fingerprint density at radius 2 is 1.86 bits per heavy atom. The second-order valence-corrected chi connectivity index (χ2v) is 7.43. The van der Waals surface area contributed by atoms with Gasteiger partial charge in [0.25, 0.3) is 0 Å². The predicted molar refractivity (Wildman–Crippen MR) is 86.1 cm³/mol. The van der Waals surface area contributed by atoms with Gasteiger partial charge in [0.1, 0.15) is 6.61 Å². The van der Waals surface area contributed by atoms with Gasteiger partial charge in [0.2, 0.25) is 5.91 Å². The lowest BCUT2D eigenvalue weighted by Crippen LogP contribution is -2.37. The molecule has 1 aliphatic carbocycles. The van der Waals surface area contributed by atoms with E-state index >= 15 is 0 Å². The molecule has 0 spiro atoms. The van der Waals surface area contributed by atoms with Crippen LogP contribution in [0.1, 0.15) is 65.7 Å². The molecule has 1 saturated carbocycles. The molecule has 21 heavy (non-hydrogen) atoms. The van der Waals surface area contributed by atoms with Crippen LogP contribution in [0.4, 0.5) is 0 Å². The molecule has 1 aliphatic heterocycles. The number of amides is 1. The average Bonchev–Trinajstić information content (AvgIpc) is 2.72. The molecule has 2 fully saturated rings. The second kappa shape index (κ2) is 8.17. The molecule has 122 valence electrons. The van der Waals surface area contributed by atoms with E-state index in [1.165, 1.54) is 25.7 Å². The first-order chi connectivity index (χ1) is 10.1. The molecule has 1 amide bonds. The standard InChI is InChI=1S/C18H33NO2/c1-14(2)16-8-6-11-19(12-10-16)18(20)13-21-17-9-5-4-7-15(17)3/h14-17H,4-13H2,1-3H3/t15-,16+,17-/m0/s1. The van der Waals surface area contributed by atoms with Crippen molar-refractivity contribution in [3.8, 4) is 0 Å². The highest BCUT2D eigenvalue weighted by molar-refractivity contribution is 5.77. The fourth-order valence-corrected chi connectivity index (χ4v) is 3.84. The Morgan fingerprint density at radius 1 is 1.10 bits per heavy atom. The van der Waals surface area contributed by atoms with Gasteiger partial charge in [-0.3, -0.25) is 4.79 Å². The highest BCUT2D eigenvalue weighted by Crippen LogP contribution is 2.27. The smallest absolute Gasteiger partial charge is 0.248 e. The van der Waals surface area contributed by atoms with Crippen molar-refractivity contribution in [3.63, 3.8) is 0 Å². The van der Waals surface area contributed by atoms with Gasteiger partial charge in [0, 0.05) is 13.1 Å². The lowest BCUT2D eigenvalue weighted by Gasteiger charge is -2.29. The first kappa shape index (κ1) is 16.8. The maximum atomic E-state index is 12.4. The van der Waals surface area contributed by atoms with E-state index in [2.05, 4.69) is 20.8 Å².